The second-order valence-electron chi connectivity index (χ2n) is 4.08. The number of rotatable bonds is 3. The summed E-state index contributed by atoms with van der Waals surface area (Å²) in [4.78, 5) is 15.0. The SMILES string of the molecule is CC(C)(CC(N)=O)NC1=NCCC1. The summed E-state index contributed by atoms with van der Waals surface area (Å²) in [6.07, 6.45) is 2.43. The molecule has 3 N–H and O–H groups in total. The van der Waals surface area contributed by atoms with Crippen LogP contribution in [0.3, 0.4) is 0 Å². The molecule has 0 fully saturated rings. The average Bonchev–Trinajstić information content (AvgIpc) is 2.34. The lowest BCUT2D eigenvalue weighted by Gasteiger charge is -2.25. The Morgan fingerprint density at radius 1 is 1.69 bits per heavy atom. The van der Waals surface area contributed by atoms with Gasteiger partial charge in [-0.3, -0.25) is 9.79 Å². The highest BCUT2D eigenvalue weighted by molar-refractivity contribution is 5.85. The van der Waals surface area contributed by atoms with Gasteiger partial charge in [-0.2, -0.15) is 0 Å². The van der Waals surface area contributed by atoms with Crippen molar-refractivity contribution in [1.82, 2.24) is 5.32 Å². The first kappa shape index (κ1) is 10.0. The molecule has 0 unspecified atom stereocenters. The molecule has 0 radical (unpaired) electrons. The minimum atomic E-state index is -0.281. The van der Waals surface area contributed by atoms with Gasteiger partial charge in [0.2, 0.25) is 5.91 Å². The van der Waals surface area contributed by atoms with Crippen molar-refractivity contribution in [3.05, 3.63) is 0 Å². The lowest BCUT2D eigenvalue weighted by molar-refractivity contribution is -0.119. The minimum Gasteiger partial charge on any atom is -0.370 e. The molecule has 0 saturated heterocycles. The van der Waals surface area contributed by atoms with Crippen LogP contribution in [0.25, 0.3) is 0 Å². The van der Waals surface area contributed by atoms with Crippen molar-refractivity contribution in [2.24, 2.45) is 10.7 Å². The van der Waals surface area contributed by atoms with E-state index < -0.39 is 0 Å². The highest BCUT2D eigenvalue weighted by Crippen LogP contribution is 2.11. The van der Waals surface area contributed by atoms with Crippen LogP contribution in [0.1, 0.15) is 33.1 Å². The van der Waals surface area contributed by atoms with Crippen LogP contribution in [-0.4, -0.2) is 23.8 Å². The summed E-state index contributed by atoms with van der Waals surface area (Å²) >= 11 is 0. The van der Waals surface area contributed by atoms with Gasteiger partial charge in [-0.25, -0.2) is 0 Å². The molecule has 1 heterocycles. The average molecular weight is 183 g/mol. The lowest BCUT2D eigenvalue weighted by Crippen LogP contribution is -2.45. The zero-order valence-electron chi connectivity index (χ0n) is 8.26. The molecule has 0 aromatic rings. The second kappa shape index (κ2) is 3.77. The maximum atomic E-state index is 10.7. The van der Waals surface area contributed by atoms with Crippen LogP contribution < -0.4 is 11.1 Å². The van der Waals surface area contributed by atoms with Crippen LogP contribution >= 0.6 is 0 Å². The van der Waals surface area contributed by atoms with Gasteiger partial charge in [0.1, 0.15) is 0 Å². The Bertz CT molecular complexity index is 233. The molecule has 0 aromatic heterocycles. The number of hydrogen-bond acceptors (Lipinski definition) is 3. The van der Waals surface area contributed by atoms with Crippen molar-refractivity contribution in [2.45, 2.75) is 38.6 Å². The third-order valence-electron chi connectivity index (χ3n) is 1.97. The topological polar surface area (TPSA) is 67.5 Å². The van der Waals surface area contributed by atoms with Crippen molar-refractivity contribution in [1.29, 1.82) is 0 Å². The monoisotopic (exact) mass is 183 g/mol. The van der Waals surface area contributed by atoms with E-state index in [4.69, 9.17) is 5.73 Å². The molecule has 1 amide bonds. The normalized spacial score (nSPS) is 16.9. The van der Waals surface area contributed by atoms with E-state index in [-0.39, 0.29) is 11.4 Å². The van der Waals surface area contributed by atoms with Crippen LogP contribution in [0.15, 0.2) is 4.99 Å². The molecule has 13 heavy (non-hydrogen) atoms. The van der Waals surface area contributed by atoms with Gasteiger partial charge in [-0.05, 0) is 20.3 Å². The molecule has 74 valence electrons. The zero-order chi connectivity index (χ0) is 9.90. The van der Waals surface area contributed by atoms with E-state index >= 15 is 0 Å². The third kappa shape index (κ3) is 3.44. The van der Waals surface area contributed by atoms with Crippen molar-refractivity contribution < 1.29 is 4.79 Å². The van der Waals surface area contributed by atoms with Gasteiger partial charge in [-0.1, -0.05) is 0 Å². The quantitative estimate of drug-likeness (QED) is 0.666. The zero-order valence-corrected chi connectivity index (χ0v) is 8.26. The van der Waals surface area contributed by atoms with Crippen LogP contribution in [-0.2, 0) is 4.79 Å². The highest BCUT2D eigenvalue weighted by atomic mass is 16.1. The number of amides is 1. The number of nitrogens with one attached hydrogen (secondary N) is 1. The number of nitrogens with zero attached hydrogens (tertiary/aromatic N) is 1. The van der Waals surface area contributed by atoms with E-state index in [0.29, 0.717) is 6.42 Å². The predicted molar refractivity (Wildman–Crippen MR) is 52.6 cm³/mol. The number of amidine groups is 1. The van der Waals surface area contributed by atoms with Gasteiger partial charge in [0, 0.05) is 24.9 Å². The summed E-state index contributed by atoms with van der Waals surface area (Å²) in [7, 11) is 0. The lowest BCUT2D eigenvalue weighted by atomic mass is 10.00. The smallest absolute Gasteiger partial charge is 0.219 e. The van der Waals surface area contributed by atoms with Crippen molar-refractivity contribution in [3.8, 4) is 0 Å². The van der Waals surface area contributed by atoms with Crippen LogP contribution in [0, 0.1) is 0 Å². The number of nitrogens with two attached hydrogens (primary N) is 1. The molecule has 0 aliphatic carbocycles. The Morgan fingerprint density at radius 2 is 2.38 bits per heavy atom. The molecule has 0 saturated carbocycles. The van der Waals surface area contributed by atoms with Gasteiger partial charge in [0.05, 0.1) is 5.84 Å². The van der Waals surface area contributed by atoms with E-state index in [9.17, 15) is 4.79 Å². The van der Waals surface area contributed by atoms with Crippen molar-refractivity contribution >= 4 is 11.7 Å². The minimum absolute atomic E-state index is 0.269. The largest absolute Gasteiger partial charge is 0.370 e. The number of carbonyl (C=O) groups excluding carboxylic acids is 1. The molecule has 1 aliphatic rings. The fourth-order valence-electron chi connectivity index (χ4n) is 1.51. The number of hydrogen-bond donors (Lipinski definition) is 2. The van der Waals surface area contributed by atoms with Gasteiger partial charge in [-0.15, -0.1) is 0 Å². The van der Waals surface area contributed by atoms with Gasteiger partial charge < -0.3 is 11.1 Å². The number of aliphatic imine (C=N–C) groups is 1. The molecular formula is C9H17N3O. The van der Waals surface area contributed by atoms with Crippen LogP contribution in [0.5, 0.6) is 0 Å². The Morgan fingerprint density at radius 3 is 2.85 bits per heavy atom. The Labute approximate surface area is 78.6 Å². The van der Waals surface area contributed by atoms with Crippen molar-refractivity contribution in [3.63, 3.8) is 0 Å². The van der Waals surface area contributed by atoms with E-state index in [1.165, 1.54) is 0 Å². The molecule has 0 spiro atoms. The number of carbonyl (C=O) groups is 1. The fourth-order valence-corrected chi connectivity index (χ4v) is 1.51. The molecule has 1 aliphatic heterocycles. The standard InChI is InChI=1S/C9H17N3O/c1-9(2,6-7(10)13)12-8-4-3-5-11-8/h3-6H2,1-2H3,(H2,10,13)(H,11,12). The van der Waals surface area contributed by atoms with Gasteiger partial charge in [0.15, 0.2) is 0 Å². The molecule has 0 bridgehead atoms. The van der Waals surface area contributed by atoms with E-state index in [1.54, 1.807) is 0 Å². The first-order valence-corrected chi connectivity index (χ1v) is 4.59. The third-order valence-corrected chi connectivity index (χ3v) is 1.97. The molecule has 0 atom stereocenters. The van der Waals surface area contributed by atoms with Gasteiger partial charge in [0.25, 0.3) is 0 Å². The fraction of sp³-hybridized carbons (Fsp3) is 0.778. The highest BCUT2D eigenvalue weighted by Gasteiger charge is 2.22. The van der Waals surface area contributed by atoms with E-state index in [1.807, 2.05) is 13.8 Å². The van der Waals surface area contributed by atoms with Crippen LogP contribution in [0.4, 0.5) is 0 Å². The molecular weight excluding hydrogens is 166 g/mol. The van der Waals surface area contributed by atoms with Crippen molar-refractivity contribution in [2.75, 3.05) is 6.54 Å². The van der Waals surface area contributed by atoms with Gasteiger partial charge >= 0.3 is 0 Å². The maximum Gasteiger partial charge on any atom is 0.219 e. The summed E-state index contributed by atoms with van der Waals surface area (Å²) in [5.74, 6) is 0.724. The Kier molecular flexibility index (Phi) is 2.90. The summed E-state index contributed by atoms with van der Waals surface area (Å²) in [6.45, 7) is 4.81. The van der Waals surface area contributed by atoms with Crippen LogP contribution in [0.2, 0.25) is 0 Å². The second-order valence-corrected chi connectivity index (χ2v) is 4.08. The molecule has 1 rings (SSSR count). The first-order chi connectivity index (χ1) is 5.99. The molecule has 4 heteroatoms. The van der Waals surface area contributed by atoms with E-state index in [0.717, 1.165) is 25.2 Å². The maximum absolute atomic E-state index is 10.7. The summed E-state index contributed by atoms with van der Waals surface area (Å²) in [5.41, 5.74) is 4.87. The Hall–Kier alpha value is -1.06. The van der Waals surface area contributed by atoms with E-state index in [2.05, 4.69) is 10.3 Å². The summed E-state index contributed by atoms with van der Waals surface area (Å²) < 4.78 is 0. The number of primary amides is 1. The summed E-state index contributed by atoms with van der Waals surface area (Å²) in [5, 5.41) is 3.24. The first-order valence-electron chi connectivity index (χ1n) is 4.59. The molecule has 4 nitrogen and oxygen atoms in total. The predicted octanol–water partition coefficient (Wildman–Crippen LogP) is 0.422. The molecule has 0 aromatic carbocycles. The Balaban J connectivity index is 2.45. The summed E-state index contributed by atoms with van der Waals surface area (Å²) in [6, 6.07) is 0.